The van der Waals surface area contributed by atoms with Crippen molar-refractivity contribution in [3.63, 3.8) is 0 Å². The maximum absolute atomic E-state index is 14.3. The Morgan fingerprint density at radius 1 is 1.18 bits per heavy atom. The lowest BCUT2D eigenvalue weighted by Gasteiger charge is -2.49. The summed E-state index contributed by atoms with van der Waals surface area (Å²) in [6, 6.07) is 6.03. The molecule has 1 aromatic carbocycles. The normalized spacial score (nSPS) is 22.8. The summed E-state index contributed by atoms with van der Waals surface area (Å²) in [4.78, 5) is 41.2. The van der Waals surface area contributed by atoms with Crippen molar-refractivity contribution in [3.8, 4) is 0 Å². The van der Waals surface area contributed by atoms with Crippen LogP contribution in [0.4, 0.5) is 0 Å². The number of hydrogen-bond donors (Lipinski definition) is 3. The topological polar surface area (TPSA) is 151 Å². The fourth-order valence-electron chi connectivity index (χ4n) is 5.87. The van der Waals surface area contributed by atoms with Crippen LogP contribution in [0, 0.1) is 0 Å². The molecule has 1 aliphatic heterocycles. The molecule has 1 aliphatic carbocycles. The average molecular weight is 665 g/mol. The highest BCUT2D eigenvalue weighted by Crippen LogP contribution is 2.42. The van der Waals surface area contributed by atoms with E-state index in [1.54, 1.807) is 42.2 Å². The zero-order valence-corrected chi connectivity index (χ0v) is 26.7. The van der Waals surface area contributed by atoms with E-state index in [1.807, 2.05) is 0 Å². The van der Waals surface area contributed by atoms with Gasteiger partial charge in [-0.1, -0.05) is 66.9 Å². The summed E-state index contributed by atoms with van der Waals surface area (Å²) >= 11 is 13.0. The van der Waals surface area contributed by atoms with Gasteiger partial charge in [-0.15, -0.1) is 0 Å². The number of rotatable bonds is 11. The molecule has 44 heavy (non-hydrogen) atoms. The molecule has 3 N–H and O–H groups in total. The SMILES string of the molecule is C=C(/C(Cl)=C\C(Cl)=C/C)[C@H]1[C@H](C(=O)NCCn2ccc(C(=O)O)n2)c2ccccc2C(=O)N1[C@H]1CCCC[C@@H]1NS(C)(=O)=O. The first-order valence-corrected chi connectivity index (χ1v) is 16.8. The van der Waals surface area contributed by atoms with Gasteiger partial charge in [0, 0.05) is 40.5 Å². The molecule has 0 bridgehead atoms. The minimum Gasteiger partial charge on any atom is -0.476 e. The second-order valence-corrected chi connectivity index (χ2v) is 13.4. The Hall–Kier alpha value is -3.45. The molecule has 11 nitrogen and oxygen atoms in total. The molecule has 4 rings (SSSR count). The van der Waals surface area contributed by atoms with E-state index in [9.17, 15) is 22.8 Å². The maximum atomic E-state index is 14.3. The number of allylic oxidation sites excluding steroid dienone is 3. The van der Waals surface area contributed by atoms with Crippen LogP contribution in [-0.4, -0.2) is 76.9 Å². The number of carbonyl (C=O) groups excluding carboxylic acids is 2. The van der Waals surface area contributed by atoms with Gasteiger partial charge in [-0.05, 0) is 49.1 Å². The molecule has 14 heteroatoms. The molecule has 236 valence electrons. The summed E-state index contributed by atoms with van der Waals surface area (Å²) in [6.45, 7) is 6.27. The van der Waals surface area contributed by atoms with Crippen molar-refractivity contribution in [2.75, 3.05) is 12.8 Å². The van der Waals surface area contributed by atoms with Crippen LogP contribution in [0.1, 0.15) is 64.9 Å². The van der Waals surface area contributed by atoms with Crippen LogP contribution >= 0.6 is 23.2 Å². The number of aromatic nitrogens is 2. The molecule has 0 spiro atoms. The average Bonchev–Trinajstić information content (AvgIpc) is 3.45. The number of hydrogen-bond acceptors (Lipinski definition) is 6. The molecule has 2 amide bonds. The third kappa shape index (κ3) is 7.60. The van der Waals surface area contributed by atoms with E-state index in [4.69, 9.17) is 28.3 Å². The van der Waals surface area contributed by atoms with Crippen molar-refractivity contribution >= 4 is 51.0 Å². The summed E-state index contributed by atoms with van der Waals surface area (Å²) < 4.78 is 28.8. The Bertz CT molecular complexity index is 1620. The first kappa shape index (κ1) is 33.4. The lowest BCUT2D eigenvalue weighted by atomic mass is 9.76. The van der Waals surface area contributed by atoms with Gasteiger partial charge in [0.2, 0.25) is 15.9 Å². The second-order valence-electron chi connectivity index (χ2n) is 10.8. The van der Waals surface area contributed by atoms with E-state index in [0.29, 0.717) is 29.0 Å². The number of aromatic carboxylic acids is 1. The molecule has 0 saturated heterocycles. The highest BCUT2D eigenvalue weighted by atomic mass is 35.5. The van der Waals surface area contributed by atoms with Gasteiger partial charge in [-0.25, -0.2) is 17.9 Å². The van der Waals surface area contributed by atoms with Gasteiger partial charge in [0.15, 0.2) is 5.69 Å². The summed E-state index contributed by atoms with van der Waals surface area (Å²) in [5.74, 6) is -2.90. The van der Waals surface area contributed by atoms with E-state index < -0.39 is 45.9 Å². The van der Waals surface area contributed by atoms with Gasteiger partial charge in [0.25, 0.3) is 5.91 Å². The Morgan fingerprint density at radius 3 is 2.55 bits per heavy atom. The number of carboxylic acids is 1. The summed E-state index contributed by atoms with van der Waals surface area (Å²) in [7, 11) is -3.62. The molecule has 2 aromatic rings. The monoisotopic (exact) mass is 663 g/mol. The van der Waals surface area contributed by atoms with Crippen molar-refractivity contribution in [1.82, 2.24) is 24.7 Å². The Labute approximate surface area is 266 Å². The van der Waals surface area contributed by atoms with Gasteiger partial charge < -0.3 is 15.3 Å². The Morgan fingerprint density at radius 2 is 1.89 bits per heavy atom. The predicted molar refractivity (Wildman–Crippen MR) is 168 cm³/mol. The van der Waals surface area contributed by atoms with Gasteiger partial charge in [0.05, 0.1) is 24.8 Å². The third-order valence-corrected chi connectivity index (χ3v) is 9.23. The van der Waals surface area contributed by atoms with Crippen molar-refractivity contribution in [2.45, 2.75) is 63.2 Å². The molecule has 1 fully saturated rings. The minimum atomic E-state index is -3.62. The maximum Gasteiger partial charge on any atom is 0.356 e. The van der Waals surface area contributed by atoms with Gasteiger partial charge in [-0.3, -0.25) is 14.3 Å². The van der Waals surface area contributed by atoms with Crippen LogP contribution in [0.2, 0.25) is 0 Å². The molecular formula is C30H35Cl2N5O6S. The Balaban J connectivity index is 1.77. The van der Waals surface area contributed by atoms with Crippen LogP contribution < -0.4 is 10.0 Å². The van der Waals surface area contributed by atoms with Crippen LogP contribution in [0.15, 0.2) is 70.9 Å². The molecule has 0 unspecified atom stereocenters. The highest BCUT2D eigenvalue weighted by Gasteiger charge is 2.49. The number of amides is 2. The standard InChI is InChI=1S/C30H35Cl2N5O6S/c1-4-19(31)17-22(32)18(2)27-26(28(38)33-14-16-36-15-13-24(34-36)30(40)41)20-9-5-6-10-21(20)29(39)37(27)25-12-8-7-11-23(25)35-44(3,42)43/h4-6,9-10,13,15,17,23,25-27,35H,2,7-8,11-12,14,16H2,1,3H3,(H,33,38)(H,40,41)/b19-4+,22-17+/t23-,25-,26+,27-/m0/s1. The van der Waals surface area contributed by atoms with Crippen molar-refractivity contribution in [1.29, 1.82) is 0 Å². The Kier molecular flexibility index (Phi) is 10.7. The smallest absolute Gasteiger partial charge is 0.356 e. The first-order chi connectivity index (χ1) is 20.8. The lowest BCUT2D eigenvalue weighted by molar-refractivity contribution is -0.124. The van der Waals surface area contributed by atoms with E-state index in [0.717, 1.165) is 19.1 Å². The highest BCUT2D eigenvalue weighted by molar-refractivity contribution is 7.88. The van der Waals surface area contributed by atoms with Crippen molar-refractivity contribution in [2.24, 2.45) is 0 Å². The van der Waals surface area contributed by atoms with Gasteiger partial charge in [-0.2, -0.15) is 5.10 Å². The van der Waals surface area contributed by atoms with E-state index in [2.05, 4.69) is 21.7 Å². The number of sulfonamides is 1. The number of carbonyl (C=O) groups is 3. The molecule has 0 radical (unpaired) electrons. The lowest BCUT2D eigenvalue weighted by Crippen LogP contribution is -2.62. The van der Waals surface area contributed by atoms with E-state index >= 15 is 0 Å². The fourth-order valence-corrected chi connectivity index (χ4v) is 7.09. The zero-order chi connectivity index (χ0) is 32.2. The molecule has 4 atom stereocenters. The zero-order valence-electron chi connectivity index (χ0n) is 24.4. The number of halogens is 2. The minimum absolute atomic E-state index is 0.112. The van der Waals surface area contributed by atoms with E-state index in [1.165, 1.54) is 23.0 Å². The molecule has 1 aromatic heterocycles. The number of carboxylic acid groups (broad SMARTS) is 1. The second kappa shape index (κ2) is 14.1. The quantitative estimate of drug-likeness (QED) is 0.308. The van der Waals surface area contributed by atoms with Crippen LogP contribution in [0.25, 0.3) is 0 Å². The van der Waals surface area contributed by atoms with Crippen LogP contribution in [0.3, 0.4) is 0 Å². The number of nitrogens with zero attached hydrogens (tertiary/aromatic N) is 3. The number of fused-ring (bicyclic) bond motifs is 1. The third-order valence-electron chi connectivity index (χ3n) is 7.81. The molecule has 2 heterocycles. The van der Waals surface area contributed by atoms with Crippen molar-refractivity contribution < 1.29 is 27.9 Å². The molecule has 2 aliphatic rings. The van der Waals surface area contributed by atoms with Crippen LogP contribution in [-0.2, 0) is 21.4 Å². The number of nitrogens with one attached hydrogen (secondary N) is 2. The summed E-state index contributed by atoms with van der Waals surface area (Å²) in [5.41, 5.74) is 0.963. The van der Waals surface area contributed by atoms with Crippen molar-refractivity contribution in [3.05, 3.63) is 87.7 Å². The largest absolute Gasteiger partial charge is 0.476 e. The summed E-state index contributed by atoms with van der Waals surface area (Å²) in [6.07, 6.45) is 8.25. The van der Waals surface area contributed by atoms with E-state index in [-0.39, 0.29) is 35.3 Å². The van der Waals surface area contributed by atoms with Crippen LogP contribution in [0.5, 0.6) is 0 Å². The first-order valence-electron chi connectivity index (χ1n) is 14.1. The summed E-state index contributed by atoms with van der Waals surface area (Å²) in [5, 5.41) is 16.5. The van der Waals surface area contributed by atoms with Gasteiger partial charge in [0.1, 0.15) is 0 Å². The predicted octanol–water partition coefficient (Wildman–Crippen LogP) is 3.99. The van der Waals surface area contributed by atoms with Gasteiger partial charge >= 0.3 is 5.97 Å². The molecular weight excluding hydrogens is 629 g/mol. The molecule has 1 saturated carbocycles. The fraction of sp³-hybridized carbons (Fsp3) is 0.400. The number of benzene rings is 1.